The van der Waals surface area contributed by atoms with Gasteiger partial charge in [-0.25, -0.2) is 0 Å². The molecule has 15 heavy (non-hydrogen) atoms. The van der Waals surface area contributed by atoms with Crippen LogP contribution in [0.3, 0.4) is 0 Å². The van der Waals surface area contributed by atoms with Crippen LogP contribution in [0.25, 0.3) is 0 Å². The molecule has 0 aromatic carbocycles. The van der Waals surface area contributed by atoms with Crippen LogP contribution < -0.4 is 10.6 Å². The van der Waals surface area contributed by atoms with Gasteiger partial charge in [-0.05, 0) is 57.5 Å². The van der Waals surface area contributed by atoms with E-state index < -0.39 is 0 Å². The van der Waals surface area contributed by atoms with Gasteiger partial charge in [0.25, 0.3) is 0 Å². The lowest BCUT2D eigenvalue weighted by atomic mass is 9.95. The topological polar surface area (TPSA) is 41.1 Å². The van der Waals surface area contributed by atoms with Gasteiger partial charge in [-0.15, -0.1) is 0 Å². The zero-order valence-electron chi connectivity index (χ0n) is 9.43. The van der Waals surface area contributed by atoms with Crippen molar-refractivity contribution in [1.82, 2.24) is 10.6 Å². The fourth-order valence-electron chi connectivity index (χ4n) is 2.26. The Labute approximate surface area is 92.0 Å². The highest BCUT2D eigenvalue weighted by molar-refractivity contribution is 5.80. The van der Waals surface area contributed by atoms with Gasteiger partial charge in [0.05, 0.1) is 0 Å². The summed E-state index contributed by atoms with van der Waals surface area (Å²) in [4.78, 5) is 11.3. The van der Waals surface area contributed by atoms with Crippen LogP contribution in [0.5, 0.6) is 0 Å². The van der Waals surface area contributed by atoms with E-state index >= 15 is 0 Å². The van der Waals surface area contributed by atoms with Crippen molar-refractivity contribution in [2.24, 2.45) is 11.8 Å². The Balaban J connectivity index is 1.48. The van der Waals surface area contributed by atoms with E-state index in [4.69, 9.17) is 0 Å². The van der Waals surface area contributed by atoms with E-state index in [9.17, 15) is 4.79 Å². The minimum atomic E-state index is 0.289. The molecule has 0 spiro atoms. The number of amides is 1. The van der Waals surface area contributed by atoms with Gasteiger partial charge >= 0.3 is 0 Å². The highest BCUT2D eigenvalue weighted by Gasteiger charge is 2.28. The Morgan fingerprint density at radius 2 is 2.20 bits per heavy atom. The van der Waals surface area contributed by atoms with Gasteiger partial charge in [-0.3, -0.25) is 4.79 Å². The monoisotopic (exact) mass is 210 g/mol. The molecule has 1 unspecified atom stereocenters. The Hall–Kier alpha value is -0.570. The fourth-order valence-corrected chi connectivity index (χ4v) is 2.26. The van der Waals surface area contributed by atoms with Crippen molar-refractivity contribution in [1.29, 1.82) is 0 Å². The zero-order chi connectivity index (χ0) is 10.5. The van der Waals surface area contributed by atoms with E-state index in [-0.39, 0.29) is 5.91 Å². The average molecular weight is 210 g/mol. The molecule has 1 atom stereocenters. The molecule has 1 heterocycles. The third-order valence-electron chi connectivity index (χ3n) is 3.44. The lowest BCUT2D eigenvalue weighted by molar-refractivity contribution is -0.122. The minimum Gasteiger partial charge on any atom is -0.356 e. The molecule has 0 bridgehead atoms. The molecule has 0 aromatic rings. The second-order valence-corrected chi connectivity index (χ2v) is 4.92. The van der Waals surface area contributed by atoms with E-state index in [1.165, 1.54) is 32.4 Å². The zero-order valence-corrected chi connectivity index (χ0v) is 9.43. The second kappa shape index (κ2) is 5.50. The summed E-state index contributed by atoms with van der Waals surface area (Å²) < 4.78 is 0. The van der Waals surface area contributed by atoms with Crippen molar-refractivity contribution in [3.63, 3.8) is 0 Å². The molecule has 1 saturated heterocycles. The third-order valence-corrected chi connectivity index (χ3v) is 3.44. The van der Waals surface area contributed by atoms with Crippen LogP contribution >= 0.6 is 0 Å². The summed E-state index contributed by atoms with van der Waals surface area (Å²) in [5.41, 5.74) is 0. The van der Waals surface area contributed by atoms with Crippen molar-refractivity contribution in [2.45, 2.75) is 38.5 Å². The summed E-state index contributed by atoms with van der Waals surface area (Å²) in [6, 6.07) is 0. The lowest BCUT2D eigenvalue weighted by Gasteiger charge is -2.22. The molecule has 2 aliphatic rings. The number of carbonyl (C=O) groups excluding carboxylic acids is 1. The fraction of sp³-hybridized carbons (Fsp3) is 0.917. The molecule has 2 fully saturated rings. The molecule has 1 aliphatic carbocycles. The van der Waals surface area contributed by atoms with Crippen LogP contribution in [-0.2, 0) is 4.79 Å². The Bertz CT molecular complexity index is 208. The number of hydrogen-bond acceptors (Lipinski definition) is 2. The summed E-state index contributed by atoms with van der Waals surface area (Å²) in [6.07, 6.45) is 7.31. The van der Waals surface area contributed by atoms with E-state index in [0.717, 1.165) is 31.7 Å². The number of piperidine rings is 1. The maximum Gasteiger partial charge on any atom is 0.223 e. The van der Waals surface area contributed by atoms with Crippen molar-refractivity contribution < 1.29 is 4.79 Å². The molecule has 3 heteroatoms. The van der Waals surface area contributed by atoms with Crippen LogP contribution in [0.2, 0.25) is 0 Å². The quantitative estimate of drug-likeness (QED) is 0.671. The molecule has 2 N–H and O–H groups in total. The second-order valence-electron chi connectivity index (χ2n) is 4.92. The van der Waals surface area contributed by atoms with Crippen molar-refractivity contribution in [3.8, 4) is 0 Å². The maximum atomic E-state index is 11.3. The molecule has 3 nitrogen and oxygen atoms in total. The Morgan fingerprint density at radius 1 is 1.33 bits per heavy atom. The molecular weight excluding hydrogens is 188 g/mol. The number of carbonyl (C=O) groups is 1. The molecule has 2 rings (SSSR count). The van der Waals surface area contributed by atoms with Gasteiger partial charge in [0, 0.05) is 12.5 Å². The highest BCUT2D eigenvalue weighted by Crippen LogP contribution is 2.28. The molecule has 0 aromatic heterocycles. The Kier molecular flexibility index (Phi) is 4.01. The molecule has 1 saturated carbocycles. The van der Waals surface area contributed by atoms with Crippen LogP contribution in [0.1, 0.15) is 38.5 Å². The van der Waals surface area contributed by atoms with Crippen molar-refractivity contribution in [2.75, 3.05) is 19.6 Å². The third kappa shape index (κ3) is 3.82. The normalized spacial score (nSPS) is 26.3. The summed E-state index contributed by atoms with van der Waals surface area (Å²) in [5.74, 6) is 1.50. The van der Waals surface area contributed by atoms with Crippen LogP contribution in [0, 0.1) is 11.8 Å². The van der Waals surface area contributed by atoms with Gasteiger partial charge in [-0.2, -0.15) is 0 Å². The summed E-state index contributed by atoms with van der Waals surface area (Å²) in [6.45, 7) is 3.25. The SMILES string of the molecule is O=C(NCCCC1CCCNC1)C1CC1. The molecule has 1 amide bonds. The number of rotatable bonds is 5. The molecule has 1 aliphatic heterocycles. The average Bonchev–Trinajstić information content (AvgIpc) is 3.09. The standard InChI is InChI=1S/C12H22N2O/c15-12(11-5-6-11)14-8-2-4-10-3-1-7-13-9-10/h10-11,13H,1-9H2,(H,14,15). The first-order chi connectivity index (χ1) is 7.36. The van der Waals surface area contributed by atoms with Gasteiger partial charge in [-0.1, -0.05) is 0 Å². The van der Waals surface area contributed by atoms with E-state index in [0.29, 0.717) is 5.92 Å². The van der Waals surface area contributed by atoms with E-state index in [2.05, 4.69) is 10.6 Å². The van der Waals surface area contributed by atoms with Crippen LogP contribution in [0.4, 0.5) is 0 Å². The molecule has 86 valence electrons. The molecule has 0 radical (unpaired) electrons. The summed E-state index contributed by atoms with van der Waals surface area (Å²) in [5, 5.41) is 6.45. The van der Waals surface area contributed by atoms with Crippen LogP contribution in [0.15, 0.2) is 0 Å². The smallest absolute Gasteiger partial charge is 0.223 e. The lowest BCUT2D eigenvalue weighted by Crippen LogP contribution is -2.31. The first kappa shape index (κ1) is 10.9. The highest BCUT2D eigenvalue weighted by atomic mass is 16.2. The minimum absolute atomic E-state index is 0.289. The van der Waals surface area contributed by atoms with Gasteiger partial charge < -0.3 is 10.6 Å². The van der Waals surface area contributed by atoms with Crippen molar-refractivity contribution in [3.05, 3.63) is 0 Å². The van der Waals surface area contributed by atoms with Gasteiger partial charge in [0.1, 0.15) is 0 Å². The number of hydrogen-bond donors (Lipinski definition) is 2. The van der Waals surface area contributed by atoms with E-state index in [1.807, 2.05) is 0 Å². The summed E-state index contributed by atoms with van der Waals surface area (Å²) in [7, 11) is 0. The van der Waals surface area contributed by atoms with Gasteiger partial charge in [0.2, 0.25) is 5.91 Å². The molecular formula is C12H22N2O. The van der Waals surface area contributed by atoms with Gasteiger partial charge in [0.15, 0.2) is 0 Å². The van der Waals surface area contributed by atoms with Crippen molar-refractivity contribution >= 4 is 5.91 Å². The number of nitrogens with one attached hydrogen (secondary N) is 2. The maximum absolute atomic E-state index is 11.3. The van der Waals surface area contributed by atoms with E-state index in [1.54, 1.807) is 0 Å². The predicted octanol–water partition coefficient (Wildman–Crippen LogP) is 1.29. The Morgan fingerprint density at radius 3 is 2.87 bits per heavy atom. The largest absolute Gasteiger partial charge is 0.356 e. The first-order valence-electron chi connectivity index (χ1n) is 6.34. The predicted molar refractivity (Wildman–Crippen MR) is 60.6 cm³/mol. The van der Waals surface area contributed by atoms with Crippen LogP contribution in [-0.4, -0.2) is 25.5 Å². The first-order valence-corrected chi connectivity index (χ1v) is 6.34. The summed E-state index contributed by atoms with van der Waals surface area (Å²) >= 11 is 0.